The lowest BCUT2D eigenvalue weighted by atomic mass is 10.1. The molecule has 0 aliphatic rings. The predicted octanol–water partition coefficient (Wildman–Crippen LogP) is 14.3. The highest BCUT2D eigenvalue weighted by atomic mass is 16.6. The van der Waals surface area contributed by atoms with E-state index in [1.807, 2.05) is 0 Å². The van der Waals surface area contributed by atoms with Crippen LogP contribution in [-0.4, -0.2) is 37.9 Å². The van der Waals surface area contributed by atoms with Crippen molar-refractivity contribution in [3.05, 3.63) is 97.2 Å². The Hall–Kier alpha value is -3.18. The zero-order chi connectivity index (χ0) is 39.3. The van der Waals surface area contributed by atoms with E-state index in [2.05, 4.69) is 118 Å². The topological polar surface area (TPSA) is 61.8 Å². The Morgan fingerprint density at radius 1 is 0.426 bits per heavy atom. The number of rotatable bonds is 38. The van der Waals surface area contributed by atoms with Gasteiger partial charge in [0.2, 0.25) is 0 Å². The van der Waals surface area contributed by atoms with Gasteiger partial charge in [-0.05, 0) is 89.9 Å². The first-order chi connectivity index (χ1) is 26.6. The first-order valence-electron chi connectivity index (χ1n) is 21.8. The first-order valence-corrected chi connectivity index (χ1v) is 21.8. The molecule has 0 aromatic rings. The van der Waals surface area contributed by atoms with Gasteiger partial charge in [-0.1, -0.05) is 169 Å². The third-order valence-corrected chi connectivity index (χ3v) is 8.62. The van der Waals surface area contributed by atoms with Crippen molar-refractivity contribution in [1.82, 2.24) is 0 Å². The largest absolute Gasteiger partial charge is 0.462 e. The lowest BCUT2D eigenvalue weighted by molar-refractivity contribution is -0.163. The van der Waals surface area contributed by atoms with Crippen LogP contribution in [0, 0.1) is 0 Å². The highest BCUT2D eigenvalue weighted by molar-refractivity contribution is 5.70. The van der Waals surface area contributed by atoms with Crippen LogP contribution in [0.1, 0.15) is 175 Å². The molecule has 0 amide bonds. The van der Waals surface area contributed by atoms with Gasteiger partial charge in [0.25, 0.3) is 0 Å². The van der Waals surface area contributed by atoms with Gasteiger partial charge in [0.15, 0.2) is 6.10 Å². The number of unbranched alkanes of at least 4 members (excludes halogenated alkanes) is 11. The average molecular weight is 749 g/mol. The fourth-order valence-corrected chi connectivity index (χ4v) is 5.44. The van der Waals surface area contributed by atoms with Gasteiger partial charge in [-0.2, -0.15) is 0 Å². The molecule has 54 heavy (non-hydrogen) atoms. The summed E-state index contributed by atoms with van der Waals surface area (Å²) in [6.45, 7) is 7.46. The van der Waals surface area contributed by atoms with E-state index < -0.39 is 6.10 Å². The lowest BCUT2D eigenvalue weighted by Crippen LogP contribution is -2.30. The minimum absolute atomic E-state index is 0.0395. The van der Waals surface area contributed by atoms with E-state index in [1.54, 1.807) is 0 Å². The van der Waals surface area contributed by atoms with E-state index in [0.717, 1.165) is 103 Å². The summed E-state index contributed by atoms with van der Waals surface area (Å²) >= 11 is 0. The second-order valence-corrected chi connectivity index (χ2v) is 13.8. The smallest absolute Gasteiger partial charge is 0.306 e. The lowest BCUT2D eigenvalue weighted by Gasteiger charge is -2.18. The first kappa shape index (κ1) is 50.8. The molecule has 0 N–H and O–H groups in total. The molecule has 5 heteroatoms. The third kappa shape index (κ3) is 41.6. The van der Waals surface area contributed by atoms with Crippen molar-refractivity contribution in [3.8, 4) is 0 Å². The van der Waals surface area contributed by atoms with Crippen LogP contribution in [0.5, 0.6) is 0 Å². The van der Waals surface area contributed by atoms with Gasteiger partial charge in [0.05, 0.1) is 6.61 Å². The highest BCUT2D eigenvalue weighted by Gasteiger charge is 2.17. The summed E-state index contributed by atoms with van der Waals surface area (Å²) in [6.07, 6.45) is 58.4. The molecule has 1 atom stereocenters. The maximum atomic E-state index is 12.7. The van der Waals surface area contributed by atoms with Crippen molar-refractivity contribution in [1.29, 1.82) is 0 Å². The monoisotopic (exact) mass is 749 g/mol. The van der Waals surface area contributed by atoms with Crippen LogP contribution in [0.2, 0.25) is 0 Å². The van der Waals surface area contributed by atoms with Crippen molar-refractivity contribution in [2.45, 2.75) is 181 Å². The molecule has 0 radical (unpaired) electrons. The Kier molecular flexibility index (Phi) is 41.6. The van der Waals surface area contributed by atoms with Gasteiger partial charge in [-0.25, -0.2) is 0 Å². The molecule has 0 aromatic heterocycles. The molecule has 306 valence electrons. The summed E-state index contributed by atoms with van der Waals surface area (Å²) in [5.74, 6) is -0.508. The minimum Gasteiger partial charge on any atom is -0.462 e. The van der Waals surface area contributed by atoms with Crippen LogP contribution in [-0.2, 0) is 23.8 Å². The van der Waals surface area contributed by atoms with Crippen LogP contribution in [0.15, 0.2) is 97.2 Å². The molecule has 0 rings (SSSR count). The number of esters is 2. The van der Waals surface area contributed by atoms with Gasteiger partial charge in [-0.15, -0.1) is 0 Å². The Labute approximate surface area is 332 Å². The van der Waals surface area contributed by atoms with Crippen molar-refractivity contribution in [2.75, 3.05) is 19.8 Å². The summed E-state index contributed by atoms with van der Waals surface area (Å²) in [5.41, 5.74) is 0. The van der Waals surface area contributed by atoms with Gasteiger partial charge >= 0.3 is 11.9 Å². The maximum Gasteiger partial charge on any atom is 0.306 e. The van der Waals surface area contributed by atoms with Crippen molar-refractivity contribution >= 4 is 11.9 Å². The minimum atomic E-state index is -0.574. The SMILES string of the molecule is CC/C=C\C/C=C\C/C=C\C/C=C\C/C=C\CCCC(=O)OCC(COCCCCCCCCCC)OC(=O)CCCCC/C=C\C/C=C\C/C=C\CC. The van der Waals surface area contributed by atoms with E-state index in [9.17, 15) is 9.59 Å². The van der Waals surface area contributed by atoms with Gasteiger partial charge < -0.3 is 14.2 Å². The molecule has 0 aliphatic heterocycles. The molecular formula is C49H80O5. The number of carbonyl (C=O) groups excluding carboxylic acids is 2. The Bertz CT molecular complexity index is 1070. The Morgan fingerprint density at radius 3 is 1.37 bits per heavy atom. The second-order valence-electron chi connectivity index (χ2n) is 13.8. The quantitative estimate of drug-likeness (QED) is 0.0357. The second kappa shape index (κ2) is 44.2. The predicted molar refractivity (Wildman–Crippen MR) is 233 cm³/mol. The molecule has 0 bridgehead atoms. The van der Waals surface area contributed by atoms with Gasteiger partial charge in [0.1, 0.15) is 6.61 Å². The maximum absolute atomic E-state index is 12.7. The molecule has 0 fully saturated rings. The number of allylic oxidation sites excluding steroid dienone is 16. The van der Waals surface area contributed by atoms with Crippen LogP contribution in [0.3, 0.4) is 0 Å². The van der Waals surface area contributed by atoms with Crippen LogP contribution in [0.25, 0.3) is 0 Å². The molecule has 1 unspecified atom stereocenters. The van der Waals surface area contributed by atoms with Crippen molar-refractivity contribution < 1.29 is 23.8 Å². The van der Waals surface area contributed by atoms with Crippen LogP contribution in [0.4, 0.5) is 0 Å². The highest BCUT2D eigenvalue weighted by Crippen LogP contribution is 2.11. The molecular weight excluding hydrogens is 669 g/mol. The van der Waals surface area contributed by atoms with E-state index >= 15 is 0 Å². The van der Waals surface area contributed by atoms with Crippen molar-refractivity contribution in [2.24, 2.45) is 0 Å². The summed E-state index contributed by atoms with van der Waals surface area (Å²) in [5, 5.41) is 0. The van der Waals surface area contributed by atoms with Crippen molar-refractivity contribution in [3.63, 3.8) is 0 Å². The zero-order valence-corrected chi connectivity index (χ0v) is 34.9. The zero-order valence-electron chi connectivity index (χ0n) is 34.9. The molecule has 0 saturated carbocycles. The fourth-order valence-electron chi connectivity index (χ4n) is 5.44. The van der Waals surface area contributed by atoms with Gasteiger partial charge in [0, 0.05) is 19.4 Å². The van der Waals surface area contributed by atoms with Crippen LogP contribution >= 0.6 is 0 Å². The number of ether oxygens (including phenoxy) is 3. The summed E-state index contributed by atoms with van der Waals surface area (Å²) < 4.78 is 17.2. The molecule has 0 heterocycles. The van der Waals surface area contributed by atoms with E-state index in [-0.39, 0.29) is 25.2 Å². The summed E-state index contributed by atoms with van der Waals surface area (Å²) in [6, 6.07) is 0. The average Bonchev–Trinajstić information content (AvgIpc) is 3.17. The molecule has 0 aliphatic carbocycles. The van der Waals surface area contributed by atoms with Gasteiger partial charge in [-0.3, -0.25) is 9.59 Å². The molecule has 5 nitrogen and oxygen atoms in total. The number of carbonyl (C=O) groups is 2. The van der Waals surface area contributed by atoms with E-state index in [1.165, 1.54) is 38.5 Å². The molecule has 0 saturated heterocycles. The Balaban J connectivity index is 4.37. The fraction of sp³-hybridized carbons (Fsp3) is 0.633. The number of hydrogen-bond acceptors (Lipinski definition) is 5. The standard InChI is InChI=1S/C49H80O5/c1-4-7-10-13-16-19-21-23-24-25-26-28-29-31-33-36-39-42-48(50)53-46-47(45-52-44-41-38-35-18-15-12-9-6-3)54-49(51)43-40-37-34-32-30-27-22-20-17-14-11-8-5-2/h7-8,10-11,16-17,19-20,23-24,26-28,30-31,33,47H,4-6,9,12-15,18,21-22,25,29,32,34-46H2,1-3H3/b10-7-,11-8-,19-16-,20-17-,24-23-,28-26-,30-27-,33-31-. The Morgan fingerprint density at radius 2 is 0.852 bits per heavy atom. The third-order valence-electron chi connectivity index (χ3n) is 8.62. The molecule has 0 aromatic carbocycles. The normalized spacial score (nSPS) is 13.2. The van der Waals surface area contributed by atoms with E-state index in [4.69, 9.17) is 14.2 Å². The summed E-state index contributed by atoms with van der Waals surface area (Å²) in [7, 11) is 0. The molecule has 0 spiro atoms. The number of hydrogen-bond donors (Lipinski definition) is 0. The summed E-state index contributed by atoms with van der Waals surface area (Å²) in [4.78, 5) is 25.1. The van der Waals surface area contributed by atoms with Crippen LogP contribution < -0.4 is 0 Å². The van der Waals surface area contributed by atoms with E-state index in [0.29, 0.717) is 19.4 Å².